The number of ether oxygens (including phenoxy) is 1. The molecule has 16 heavy (non-hydrogen) atoms. The maximum atomic E-state index is 5.85. The molecule has 0 amide bonds. The first-order valence-corrected chi connectivity index (χ1v) is 5.67. The Kier molecular flexibility index (Phi) is 2.90. The van der Waals surface area contributed by atoms with Crippen molar-refractivity contribution in [3.05, 3.63) is 12.1 Å². The molecule has 0 spiro atoms. The van der Waals surface area contributed by atoms with Crippen LogP contribution in [0.5, 0.6) is 5.88 Å². The highest BCUT2D eigenvalue weighted by molar-refractivity contribution is 5.62. The van der Waals surface area contributed by atoms with Crippen molar-refractivity contribution < 1.29 is 4.74 Å². The number of nitrogens with zero attached hydrogens (tertiary/aromatic N) is 1. The summed E-state index contributed by atoms with van der Waals surface area (Å²) in [4.78, 5) is 4.29. The fourth-order valence-corrected chi connectivity index (χ4v) is 1.96. The van der Waals surface area contributed by atoms with Crippen LogP contribution in [0.3, 0.4) is 0 Å². The lowest BCUT2D eigenvalue weighted by molar-refractivity contribution is 0.180. The van der Waals surface area contributed by atoms with Crippen molar-refractivity contribution in [2.45, 2.75) is 26.2 Å². The molecule has 1 saturated carbocycles. The Morgan fingerprint density at radius 1 is 1.50 bits per heavy atom. The molecule has 1 aliphatic rings. The van der Waals surface area contributed by atoms with Crippen LogP contribution in [0.1, 0.15) is 26.2 Å². The van der Waals surface area contributed by atoms with E-state index in [0.29, 0.717) is 17.0 Å². The first kappa shape index (κ1) is 11.0. The van der Waals surface area contributed by atoms with E-state index in [2.05, 4.69) is 17.2 Å². The first-order chi connectivity index (χ1) is 7.63. The average molecular weight is 221 g/mol. The number of hydrogen-bond donors (Lipinski definition) is 2. The van der Waals surface area contributed by atoms with Gasteiger partial charge in [-0.3, -0.25) is 0 Å². The Bertz CT molecular complexity index is 375. The maximum absolute atomic E-state index is 5.85. The number of rotatable bonds is 4. The summed E-state index contributed by atoms with van der Waals surface area (Å²) in [5.41, 5.74) is 6.94. The number of aromatic nitrogens is 1. The third kappa shape index (κ3) is 2.21. The van der Waals surface area contributed by atoms with Crippen molar-refractivity contribution >= 4 is 11.5 Å². The second kappa shape index (κ2) is 4.20. The van der Waals surface area contributed by atoms with E-state index in [0.717, 1.165) is 12.4 Å². The van der Waals surface area contributed by atoms with Gasteiger partial charge in [0, 0.05) is 12.6 Å². The molecule has 0 atom stereocenters. The number of hydrogen-bond acceptors (Lipinski definition) is 4. The zero-order chi connectivity index (χ0) is 11.6. The van der Waals surface area contributed by atoms with E-state index in [4.69, 9.17) is 10.5 Å². The lowest BCUT2D eigenvalue weighted by Gasteiger charge is -2.38. The minimum Gasteiger partial charge on any atom is -0.481 e. The first-order valence-electron chi connectivity index (χ1n) is 5.67. The molecule has 0 bridgehead atoms. The summed E-state index contributed by atoms with van der Waals surface area (Å²) >= 11 is 0. The quantitative estimate of drug-likeness (QED) is 0.818. The van der Waals surface area contributed by atoms with Gasteiger partial charge >= 0.3 is 0 Å². The minimum atomic E-state index is 0.414. The molecule has 1 heterocycles. The van der Waals surface area contributed by atoms with E-state index in [1.165, 1.54) is 19.3 Å². The van der Waals surface area contributed by atoms with Crippen molar-refractivity contribution in [2.75, 3.05) is 24.7 Å². The number of nitrogens with one attached hydrogen (secondary N) is 1. The highest BCUT2D eigenvalue weighted by Crippen LogP contribution is 2.40. The number of pyridine rings is 1. The van der Waals surface area contributed by atoms with E-state index >= 15 is 0 Å². The summed E-state index contributed by atoms with van der Waals surface area (Å²) in [6.45, 7) is 3.22. The van der Waals surface area contributed by atoms with Crippen LogP contribution in [0.25, 0.3) is 0 Å². The lowest BCUT2D eigenvalue weighted by Crippen LogP contribution is -2.33. The minimum absolute atomic E-state index is 0.414. The van der Waals surface area contributed by atoms with Crippen LogP contribution in [-0.4, -0.2) is 18.6 Å². The number of methoxy groups -OCH3 is 1. The maximum Gasteiger partial charge on any atom is 0.215 e. The summed E-state index contributed by atoms with van der Waals surface area (Å²) in [5, 5.41) is 3.31. The number of nitrogen functional groups attached to an aromatic ring is 1. The summed E-state index contributed by atoms with van der Waals surface area (Å²) in [7, 11) is 1.61. The Morgan fingerprint density at radius 2 is 2.25 bits per heavy atom. The Balaban J connectivity index is 2.02. The molecule has 1 aromatic rings. The molecule has 2 rings (SSSR count). The zero-order valence-corrected chi connectivity index (χ0v) is 9.92. The van der Waals surface area contributed by atoms with E-state index in [1.54, 1.807) is 13.2 Å². The van der Waals surface area contributed by atoms with Crippen LogP contribution in [0, 0.1) is 5.41 Å². The van der Waals surface area contributed by atoms with Crippen molar-refractivity contribution in [1.29, 1.82) is 0 Å². The van der Waals surface area contributed by atoms with Crippen LogP contribution in [-0.2, 0) is 0 Å². The lowest BCUT2D eigenvalue weighted by atomic mass is 9.70. The molecule has 0 radical (unpaired) electrons. The summed E-state index contributed by atoms with van der Waals surface area (Å²) in [5.74, 6) is 1.32. The van der Waals surface area contributed by atoms with E-state index in [-0.39, 0.29) is 0 Å². The Labute approximate surface area is 96.2 Å². The zero-order valence-electron chi connectivity index (χ0n) is 9.92. The molecule has 3 N–H and O–H groups in total. The molecular weight excluding hydrogens is 202 g/mol. The van der Waals surface area contributed by atoms with Gasteiger partial charge in [0.2, 0.25) is 5.88 Å². The van der Waals surface area contributed by atoms with Gasteiger partial charge in [0.1, 0.15) is 0 Å². The van der Waals surface area contributed by atoms with Gasteiger partial charge in [-0.1, -0.05) is 13.3 Å². The Morgan fingerprint density at radius 3 is 2.81 bits per heavy atom. The van der Waals surface area contributed by atoms with Gasteiger partial charge in [0.05, 0.1) is 12.8 Å². The van der Waals surface area contributed by atoms with Crippen molar-refractivity contribution in [2.24, 2.45) is 5.41 Å². The highest BCUT2D eigenvalue weighted by Gasteiger charge is 2.31. The van der Waals surface area contributed by atoms with Crippen LogP contribution >= 0.6 is 0 Å². The second-order valence-corrected chi connectivity index (χ2v) is 4.81. The fraction of sp³-hybridized carbons (Fsp3) is 0.583. The van der Waals surface area contributed by atoms with Gasteiger partial charge in [-0.15, -0.1) is 0 Å². The van der Waals surface area contributed by atoms with Gasteiger partial charge in [0.25, 0.3) is 0 Å². The third-order valence-electron chi connectivity index (χ3n) is 3.35. The molecule has 0 unspecified atom stereocenters. The molecular formula is C12H19N3O. The van der Waals surface area contributed by atoms with Crippen molar-refractivity contribution in [3.63, 3.8) is 0 Å². The second-order valence-electron chi connectivity index (χ2n) is 4.81. The van der Waals surface area contributed by atoms with Crippen LogP contribution in [0.2, 0.25) is 0 Å². The molecule has 1 fully saturated rings. The van der Waals surface area contributed by atoms with E-state index < -0.39 is 0 Å². The molecule has 4 nitrogen and oxygen atoms in total. The molecule has 4 heteroatoms. The van der Waals surface area contributed by atoms with Gasteiger partial charge in [-0.05, 0) is 24.3 Å². The molecule has 88 valence electrons. The van der Waals surface area contributed by atoms with Gasteiger partial charge in [-0.2, -0.15) is 4.98 Å². The predicted octanol–water partition coefficient (Wildman–Crippen LogP) is 2.27. The van der Waals surface area contributed by atoms with Crippen LogP contribution in [0.15, 0.2) is 12.1 Å². The number of nitrogens with two attached hydrogens (primary N) is 1. The van der Waals surface area contributed by atoms with E-state index in [9.17, 15) is 0 Å². The van der Waals surface area contributed by atoms with Crippen molar-refractivity contribution in [1.82, 2.24) is 4.98 Å². The summed E-state index contributed by atoms with van der Waals surface area (Å²) in [6.07, 6.45) is 3.90. The number of anilines is 2. The van der Waals surface area contributed by atoms with Gasteiger partial charge in [-0.25, -0.2) is 0 Å². The van der Waals surface area contributed by atoms with E-state index in [1.807, 2.05) is 6.07 Å². The largest absolute Gasteiger partial charge is 0.481 e. The standard InChI is InChI=1S/C12H19N3O/c1-12(6-3-7-12)8-14-11-9(13)4-5-10(15-11)16-2/h4-5H,3,6-8,13H2,1-2H3,(H,14,15). The van der Waals surface area contributed by atoms with Crippen molar-refractivity contribution in [3.8, 4) is 5.88 Å². The third-order valence-corrected chi connectivity index (χ3v) is 3.35. The topological polar surface area (TPSA) is 60.2 Å². The molecule has 0 aromatic carbocycles. The highest BCUT2D eigenvalue weighted by atomic mass is 16.5. The molecule has 1 aliphatic carbocycles. The molecule has 0 saturated heterocycles. The molecule has 0 aliphatic heterocycles. The van der Waals surface area contributed by atoms with Crippen LogP contribution in [0.4, 0.5) is 11.5 Å². The van der Waals surface area contributed by atoms with Crippen LogP contribution < -0.4 is 15.8 Å². The predicted molar refractivity (Wildman–Crippen MR) is 65.6 cm³/mol. The monoisotopic (exact) mass is 221 g/mol. The fourth-order valence-electron chi connectivity index (χ4n) is 1.96. The SMILES string of the molecule is COc1ccc(N)c(NCC2(C)CCC2)n1. The Hall–Kier alpha value is -1.45. The normalized spacial score (nSPS) is 17.6. The average Bonchev–Trinajstić information content (AvgIpc) is 2.25. The summed E-state index contributed by atoms with van der Waals surface area (Å²) < 4.78 is 5.08. The van der Waals surface area contributed by atoms with Gasteiger partial charge < -0.3 is 15.8 Å². The van der Waals surface area contributed by atoms with Gasteiger partial charge in [0.15, 0.2) is 5.82 Å². The molecule has 1 aromatic heterocycles. The summed E-state index contributed by atoms with van der Waals surface area (Å²) in [6, 6.07) is 3.59. The smallest absolute Gasteiger partial charge is 0.215 e.